The van der Waals surface area contributed by atoms with E-state index in [9.17, 15) is 4.79 Å². The summed E-state index contributed by atoms with van der Waals surface area (Å²) >= 11 is 5.43. The molecule has 0 aliphatic carbocycles. The number of benzene rings is 1. The largest absolute Gasteiger partial charge is 0.508 e. The summed E-state index contributed by atoms with van der Waals surface area (Å²) in [6.45, 7) is 0. The van der Waals surface area contributed by atoms with Crippen molar-refractivity contribution >= 4 is 17.9 Å². The molecule has 0 amide bonds. The van der Waals surface area contributed by atoms with Gasteiger partial charge in [-0.05, 0) is 6.07 Å². The van der Waals surface area contributed by atoms with Gasteiger partial charge in [0, 0.05) is 6.07 Å². The zero-order chi connectivity index (χ0) is 8.43. The summed E-state index contributed by atoms with van der Waals surface area (Å²) < 4.78 is 0. The molecule has 0 unspecified atom stereocenters. The molecule has 11 heavy (non-hydrogen) atoms. The summed E-state index contributed by atoms with van der Waals surface area (Å²) in [5.41, 5.74) is -0.0185. The van der Waals surface area contributed by atoms with Gasteiger partial charge in [0.15, 0.2) is 6.29 Å². The lowest BCUT2D eigenvalue weighted by atomic mass is 10.2. The van der Waals surface area contributed by atoms with Crippen molar-refractivity contribution in [3.63, 3.8) is 0 Å². The number of aromatic hydroxyl groups is 2. The Bertz CT molecular complexity index is 296. The molecule has 0 aromatic heterocycles. The normalized spacial score (nSPS) is 9.55. The van der Waals surface area contributed by atoms with Gasteiger partial charge in [0.05, 0.1) is 10.6 Å². The van der Waals surface area contributed by atoms with Gasteiger partial charge in [0.2, 0.25) is 0 Å². The number of phenolic OH excluding ortho intramolecular Hbond substituents is 2. The van der Waals surface area contributed by atoms with E-state index in [1.54, 1.807) is 0 Å². The quantitative estimate of drug-likeness (QED) is 0.499. The fourth-order valence-electron chi connectivity index (χ4n) is 0.695. The van der Waals surface area contributed by atoms with Gasteiger partial charge in [-0.3, -0.25) is 4.79 Å². The molecule has 3 nitrogen and oxygen atoms in total. The standard InChI is InChI=1S/C7H5ClO3/c8-6-2-5(10)1-4(3-9)7(6)11/h1-3,10-11H. The summed E-state index contributed by atoms with van der Waals surface area (Å²) in [5, 5.41) is 17.9. The number of halogens is 1. The van der Waals surface area contributed by atoms with Crippen LogP contribution in [-0.2, 0) is 0 Å². The predicted molar refractivity (Wildman–Crippen MR) is 40.2 cm³/mol. The number of hydrogen-bond donors (Lipinski definition) is 2. The molecule has 0 atom stereocenters. The Morgan fingerprint density at radius 3 is 2.55 bits per heavy atom. The van der Waals surface area contributed by atoms with Crippen molar-refractivity contribution in [2.75, 3.05) is 0 Å². The van der Waals surface area contributed by atoms with E-state index in [2.05, 4.69) is 0 Å². The van der Waals surface area contributed by atoms with Gasteiger partial charge in [-0.15, -0.1) is 0 Å². The first kappa shape index (κ1) is 7.88. The lowest BCUT2D eigenvalue weighted by Gasteiger charge is -1.99. The number of carbonyl (C=O) groups excluding carboxylic acids is 1. The maximum Gasteiger partial charge on any atom is 0.153 e. The summed E-state index contributed by atoms with van der Waals surface area (Å²) in [7, 11) is 0. The Balaban J connectivity index is 3.35. The highest BCUT2D eigenvalue weighted by molar-refractivity contribution is 6.32. The first-order valence-electron chi connectivity index (χ1n) is 2.82. The van der Waals surface area contributed by atoms with E-state index in [1.807, 2.05) is 0 Å². The molecule has 2 N–H and O–H groups in total. The summed E-state index contributed by atoms with van der Waals surface area (Å²) in [5.74, 6) is -0.450. The molecule has 0 saturated carbocycles. The molecule has 1 aromatic carbocycles. The zero-order valence-corrected chi connectivity index (χ0v) is 6.17. The fraction of sp³-hybridized carbons (Fsp3) is 0. The van der Waals surface area contributed by atoms with Gasteiger partial charge in [0.25, 0.3) is 0 Å². The molecule has 1 rings (SSSR count). The molecule has 58 valence electrons. The highest BCUT2D eigenvalue weighted by Gasteiger charge is 2.06. The minimum atomic E-state index is -0.306. The SMILES string of the molecule is O=Cc1cc(O)cc(Cl)c1O. The Labute approximate surface area is 67.8 Å². The van der Waals surface area contributed by atoms with E-state index in [0.29, 0.717) is 6.29 Å². The minimum Gasteiger partial charge on any atom is -0.508 e. The first-order chi connectivity index (χ1) is 5.15. The Morgan fingerprint density at radius 2 is 2.00 bits per heavy atom. The van der Waals surface area contributed by atoms with Gasteiger partial charge in [-0.2, -0.15) is 0 Å². The van der Waals surface area contributed by atoms with Crippen LogP contribution in [-0.4, -0.2) is 16.5 Å². The van der Waals surface area contributed by atoms with Crippen molar-refractivity contribution in [1.82, 2.24) is 0 Å². The zero-order valence-electron chi connectivity index (χ0n) is 5.41. The van der Waals surface area contributed by atoms with Crippen molar-refractivity contribution in [3.8, 4) is 11.5 Å². The van der Waals surface area contributed by atoms with Crippen LogP contribution < -0.4 is 0 Å². The van der Waals surface area contributed by atoms with Crippen LogP contribution in [0.15, 0.2) is 12.1 Å². The second-order valence-electron chi connectivity index (χ2n) is 1.98. The molecular formula is C7H5ClO3. The molecule has 0 bridgehead atoms. The second-order valence-corrected chi connectivity index (χ2v) is 2.39. The van der Waals surface area contributed by atoms with Crippen molar-refractivity contribution in [2.45, 2.75) is 0 Å². The highest BCUT2D eigenvalue weighted by Crippen LogP contribution is 2.30. The van der Waals surface area contributed by atoms with Crippen LogP contribution in [0.4, 0.5) is 0 Å². The van der Waals surface area contributed by atoms with E-state index in [1.165, 1.54) is 0 Å². The molecule has 1 aromatic rings. The third kappa shape index (κ3) is 1.43. The molecule has 0 aliphatic rings. The van der Waals surface area contributed by atoms with Gasteiger partial charge < -0.3 is 10.2 Å². The Morgan fingerprint density at radius 1 is 1.36 bits per heavy atom. The highest BCUT2D eigenvalue weighted by atomic mass is 35.5. The Hall–Kier alpha value is -1.22. The van der Waals surface area contributed by atoms with Gasteiger partial charge >= 0.3 is 0 Å². The molecule has 4 heteroatoms. The van der Waals surface area contributed by atoms with E-state index >= 15 is 0 Å². The Kier molecular flexibility index (Phi) is 2.01. The monoisotopic (exact) mass is 172 g/mol. The number of rotatable bonds is 1. The first-order valence-corrected chi connectivity index (χ1v) is 3.19. The fourth-order valence-corrected chi connectivity index (χ4v) is 0.916. The van der Waals surface area contributed by atoms with Crippen LogP contribution in [0.1, 0.15) is 10.4 Å². The number of aldehydes is 1. The molecule has 0 heterocycles. The lowest BCUT2D eigenvalue weighted by molar-refractivity contribution is 0.112. The van der Waals surface area contributed by atoms with E-state index in [-0.39, 0.29) is 22.1 Å². The number of hydrogen-bond acceptors (Lipinski definition) is 3. The molecule has 0 saturated heterocycles. The smallest absolute Gasteiger partial charge is 0.153 e. The third-order valence-corrected chi connectivity index (χ3v) is 1.49. The van der Waals surface area contributed by atoms with Crippen LogP contribution in [0.5, 0.6) is 11.5 Å². The third-order valence-electron chi connectivity index (χ3n) is 1.20. The van der Waals surface area contributed by atoms with Gasteiger partial charge in [0.1, 0.15) is 11.5 Å². The topological polar surface area (TPSA) is 57.5 Å². The number of phenols is 2. The summed E-state index contributed by atoms with van der Waals surface area (Å²) in [4.78, 5) is 10.2. The maximum atomic E-state index is 10.2. The minimum absolute atomic E-state index is 0.0185. The van der Waals surface area contributed by atoms with Crippen molar-refractivity contribution < 1.29 is 15.0 Å². The summed E-state index contributed by atoms with van der Waals surface area (Å²) in [6.07, 6.45) is 0.418. The molecule has 0 fully saturated rings. The van der Waals surface area contributed by atoms with Crippen LogP contribution >= 0.6 is 11.6 Å². The van der Waals surface area contributed by atoms with Crippen LogP contribution in [0, 0.1) is 0 Å². The second kappa shape index (κ2) is 2.80. The number of carbonyl (C=O) groups is 1. The molecule has 0 radical (unpaired) electrons. The molecular weight excluding hydrogens is 168 g/mol. The van der Waals surface area contributed by atoms with Crippen molar-refractivity contribution in [2.24, 2.45) is 0 Å². The average molecular weight is 173 g/mol. The van der Waals surface area contributed by atoms with Crippen LogP contribution in [0.3, 0.4) is 0 Å². The van der Waals surface area contributed by atoms with E-state index in [4.69, 9.17) is 21.8 Å². The average Bonchev–Trinajstić information content (AvgIpc) is 1.96. The van der Waals surface area contributed by atoms with Crippen molar-refractivity contribution in [1.29, 1.82) is 0 Å². The van der Waals surface area contributed by atoms with Crippen LogP contribution in [0.25, 0.3) is 0 Å². The lowest BCUT2D eigenvalue weighted by Crippen LogP contribution is -1.81. The predicted octanol–water partition coefficient (Wildman–Crippen LogP) is 1.56. The van der Waals surface area contributed by atoms with Gasteiger partial charge in [-0.1, -0.05) is 11.6 Å². The van der Waals surface area contributed by atoms with Gasteiger partial charge in [-0.25, -0.2) is 0 Å². The van der Waals surface area contributed by atoms with E-state index < -0.39 is 0 Å². The van der Waals surface area contributed by atoms with Crippen LogP contribution in [0.2, 0.25) is 5.02 Å². The maximum absolute atomic E-state index is 10.2. The summed E-state index contributed by atoms with van der Waals surface area (Å²) in [6, 6.07) is 2.29. The van der Waals surface area contributed by atoms with Crippen molar-refractivity contribution in [3.05, 3.63) is 22.7 Å². The molecule has 0 aliphatic heterocycles. The van der Waals surface area contributed by atoms with E-state index in [0.717, 1.165) is 12.1 Å². The molecule has 0 spiro atoms.